The molecule has 0 fully saturated rings. The Hall–Kier alpha value is -1.53. The van der Waals surface area contributed by atoms with Gasteiger partial charge in [0.15, 0.2) is 5.16 Å². The van der Waals surface area contributed by atoms with Gasteiger partial charge in [0.1, 0.15) is 0 Å². The van der Waals surface area contributed by atoms with E-state index >= 15 is 0 Å². The monoisotopic (exact) mass is 324 g/mol. The van der Waals surface area contributed by atoms with E-state index in [9.17, 15) is 0 Å². The van der Waals surface area contributed by atoms with E-state index < -0.39 is 0 Å². The second-order valence-electron chi connectivity index (χ2n) is 4.56. The molecule has 112 valence electrons. The lowest BCUT2D eigenvalue weighted by Crippen LogP contribution is -2.11. The molecular weight excluding hydrogens is 308 g/mol. The van der Waals surface area contributed by atoms with Crippen molar-refractivity contribution in [1.82, 2.24) is 15.0 Å². The first-order valence-electron chi connectivity index (χ1n) is 6.54. The number of aromatic nitrogens is 3. The Morgan fingerprint density at radius 3 is 2.52 bits per heavy atom. The van der Waals surface area contributed by atoms with Crippen LogP contribution in [-0.4, -0.2) is 28.1 Å². The Balaban J connectivity index is 2.09. The van der Waals surface area contributed by atoms with Crippen LogP contribution < -0.4 is 10.1 Å². The molecule has 2 aromatic rings. The van der Waals surface area contributed by atoms with E-state index in [4.69, 9.17) is 16.3 Å². The van der Waals surface area contributed by atoms with Gasteiger partial charge in [0.2, 0.25) is 5.95 Å². The average molecular weight is 325 g/mol. The van der Waals surface area contributed by atoms with Crippen molar-refractivity contribution in [3.05, 3.63) is 34.9 Å². The summed E-state index contributed by atoms with van der Waals surface area (Å²) in [7, 11) is 1.77. The number of ether oxygens (including phenoxy) is 1. The van der Waals surface area contributed by atoms with Crippen LogP contribution in [0.25, 0.3) is 0 Å². The summed E-state index contributed by atoms with van der Waals surface area (Å²) in [6.45, 7) is 3.87. The van der Waals surface area contributed by atoms with E-state index in [0.29, 0.717) is 17.1 Å². The Bertz CT molecular complexity index is 592. The van der Waals surface area contributed by atoms with Crippen LogP contribution in [0.3, 0.4) is 0 Å². The molecule has 0 amide bonds. The van der Waals surface area contributed by atoms with Crippen LogP contribution in [0.2, 0.25) is 5.02 Å². The van der Waals surface area contributed by atoms with Crippen LogP contribution in [0.4, 0.5) is 5.95 Å². The van der Waals surface area contributed by atoms with E-state index in [1.807, 2.05) is 38.1 Å². The van der Waals surface area contributed by atoms with Gasteiger partial charge in [-0.2, -0.15) is 15.0 Å². The molecule has 2 rings (SSSR count). The first kappa shape index (κ1) is 15.9. The smallest absolute Gasteiger partial charge is 0.322 e. The van der Waals surface area contributed by atoms with Crippen LogP contribution in [0, 0.1) is 0 Å². The van der Waals surface area contributed by atoms with Gasteiger partial charge in [0.25, 0.3) is 0 Å². The maximum absolute atomic E-state index is 5.87. The van der Waals surface area contributed by atoms with Gasteiger partial charge in [-0.15, -0.1) is 0 Å². The molecule has 0 saturated heterocycles. The molecule has 0 spiro atoms. The van der Waals surface area contributed by atoms with Gasteiger partial charge >= 0.3 is 6.01 Å². The van der Waals surface area contributed by atoms with Gasteiger partial charge in [-0.1, -0.05) is 35.5 Å². The molecule has 1 aromatic carbocycles. The second-order valence-corrected chi connectivity index (χ2v) is 5.93. The largest absolute Gasteiger partial charge is 0.461 e. The predicted octanol–water partition coefficient (Wildman–Crippen LogP) is 3.65. The van der Waals surface area contributed by atoms with E-state index in [-0.39, 0.29) is 6.10 Å². The van der Waals surface area contributed by atoms with Crippen LogP contribution in [-0.2, 0) is 5.75 Å². The molecular formula is C14H17ClN4OS. The normalized spacial score (nSPS) is 10.7. The maximum atomic E-state index is 5.87. The molecule has 0 aliphatic carbocycles. The standard InChI is InChI=1S/C14H17ClN4OS/c1-9(2)20-13-17-12(16-3)18-14(19-13)21-8-10-4-6-11(15)7-5-10/h4-7,9H,8H2,1-3H3,(H,16,17,18,19). The molecule has 1 heterocycles. The molecule has 0 bridgehead atoms. The minimum Gasteiger partial charge on any atom is -0.461 e. The van der Waals surface area contributed by atoms with Crippen molar-refractivity contribution in [1.29, 1.82) is 0 Å². The van der Waals surface area contributed by atoms with E-state index in [1.54, 1.807) is 7.05 Å². The third-order valence-electron chi connectivity index (χ3n) is 2.44. The minimum absolute atomic E-state index is 0.0196. The summed E-state index contributed by atoms with van der Waals surface area (Å²) in [4.78, 5) is 12.8. The maximum Gasteiger partial charge on any atom is 0.322 e. The Morgan fingerprint density at radius 2 is 1.90 bits per heavy atom. The van der Waals surface area contributed by atoms with Gasteiger partial charge in [-0.3, -0.25) is 0 Å². The highest BCUT2D eigenvalue weighted by Crippen LogP contribution is 2.23. The fourth-order valence-electron chi connectivity index (χ4n) is 1.51. The molecule has 0 atom stereocenters. The molecule has 7 heteroatoms. The lowest BCUT2D eigenvalue weighted by atomic mass is 10.2. The van der Waals surface area contributed by atoms with Gasteiger partial charge in [-0.05, 0) is 31.5 Å². The molecule has 0 aliphatic heterocycles. The highest BCUT2D eigenvalue weighted by Gasteiger charge is 2.09. The van der Waals surface area contributed by atoms with Gasteiger partial charge in [0, 0.05) is 17.8 Å². The van der Waals surface area contributed by atoms with Crippen molar-refractivity contribution >= 4 is 29.3 Å². The Kier molecular flexibility index (Phi) is 5.64. The third kappa shape index (κ3) is 5.06. The summed E-state index contributed by atoms with van der Waals surface area (Å²) in [6.07, 6.45) is 0.0196. The van der Waals surface area contributed by atoms with Crippen LogP contribution in [0.1, 0.15) is 19.4 Å². The summed E-state index contributed by atoms with van der Waals surface area (Å²) in [6, 6.07) is 8.05. The number of nitrogens with zero attached hydrogens (tertiary/aromatic N) is 3. The zero-order valence-corrected chi connectivity index (χ0v) is 13.7. The number of rotatable bonds is 6. The molecule has 21 heavy (non-hydrogen) atoms. The number of benzene rings is 1. The van der Waals surface area contributed by atoms with Crippen molar-refractivity contribution in [2.24, 2.45) is 0 Å². The summed E-state index contributed by atoms with van der Waals surface area (Å²) in [5, 5.41) is 4.27. The fraction of sp³-hybridized carbons (Fsp3) is 0.357. The topological polar surface area (TPSA) is 59.9 Å². The van der Waals surface area contributed by atoms with E-state index in [0.717, 1.165) is 16.3 Å². The van der Waals surface area contributed by atoms with E-state index in [1.165, 1.54) is 11.8 Å². The summed E-state index contributed by atoms with van der Waals surface area (Å²) >= 11 is 7.40. The number of hydrogen-bond acceptors (Lipinski definition) is 6. The molecule has 0 unspecified atom stereocenters. The van der Waals surface area contributed by atoms with Crippen molar-refractivity contribution in [2.75, 3.05) is 12.4 Å². The zero-order valence-electron chi connectivity index (χ0n) is 12.1. The lowest BCUT2D eigenvalue weighted by molar-refractivity contribution is 0.219. The quantitative estimate of drug-likeness (QED) is 0.818. The summed E-state index contributed by atoms with van der Waals surface area (Å²) in [5.41, 5.74) is 1.15. The number of anilines is 1. The van der Waals surface area contributed by atoms with E-state index in [2.05, 4.69) is 20.3 Å². The SMILES string of the molecule is CNc1nc(OC(C)C)nc(SCc2ccc(Cl)cc2)n1. The van der Waals surface area contributed by atoms with Crippen LogP contribution in [0.5, 0.6) is 6.01 Å². The number of thioether (sulfide) groups is 1. The second kappa shape index (κ2) is 7.47. The molecule has 0 radical (unpaired) electrons. The number of hydrogen-bond donors (Lipinski definition) is 1. The van der Waals surface area contributed by atoms with Gasteiger partial charge < -0.3 is 10.1 Å². The molecule has 0 aliphatic rings. The van der Waals surface area contributed by atoms with Crippen molar-refractivity contribution in [3.8, 4) is 6.01 Å². The number of halogens is 1. The molecule has 1 N–H and O–H groups in total. The van der Waals surface area contributed by atoms with Crippen molar-refractivity contribution in [2.45, 2.75) is 30.9 Å². The van der Waals surface area contributed by atoms with Crippen LogP contribution >= 0.6 is 23.4 Å². The molecule has 5 nitrogen and oxygen atoms in total. The van der Waals surface area contributed by atoms with Crippen LogP contribution in [0.15, 0.2) is 29.4 Å². The minimum atomic E-state index is 0.0196. The average Bonchev–Trinajstić information content (AvgIpc) is 2.45. The first-order chi connectivity index (χ1) is 10.1. The fourth-order valence-corrected chi connectivity index (χ4v) is 2.41. The third-order valence-corrected chi connectivity index (χ3v) is 3.61. The molecule has 0 saturated carbocycles. The van der Waals surface area contributed by atoms with Crippen molar-refractivity contribution < 1.29 is 4.74 Å². The highest BCUT2D eigenvalue weighted by atomic mass is 35.5. The Labute approximate surface area is 133 Å². The lowest BCUT2D eigenvalue weighted by Gasteiger charge is -2.10. The van der Waals surface area contributed by atoms with Gasteiger partial charge in [-0.25, -0.2) is 0 Å². The first-order valence-corrected chi connectivity index (χ1v) is 7.91. The molecule has 1 aromatic heterocycles. The summed E-state index contributed by atoms with van der Waals surface area (Å²) < 4.78 is 5.53. The zero-order chi connectivity index (χ0) is 15.2. The van der Waals surface area contributed by atoms with Gasteiger partial charge in [0.05, 0.1) is 6.10 Å². The number of nitrogens with one attached hydrogen (secondary N) is 1. The summed E-state index contributed by atoms with van der Waals surface area (Å²) in [5.74, 6) is 1.25. The predicted molar refractivity (Wildman–Crippen MR) is 86.2 cm³/mol. The van der Waals surface area contributed by atoms with Crippen molar-refractivity contribution in [3.63, 3.8) is 0 Å². The highest BCUT2D eigenvalue weighted by molar-refractivity contribution is 7.98. The Morgan fingerprint density at radius 1 is 1.19 bits per heavy atom.